The van der Waals surface area contributed by atoms with Gasteiger partial charge in [0.1, 0.15) is 34.7 Å². The molecule has 2 aromatic carbocycles. The fourth-order valence-corrected chi connectivity index (χ4v) is 2.53. The topological polar surface area (TPSA) is 106 Å². The van der Waals surface area contributed by atoms with Gasteiger partial charge in [0.25, 0.3) is 5.91 Å². The Morgan fingerprint density at radius 2 is 1.96 bits per heavy atom. The van der Waals surface area contributed by atoms with Crippen molar-refractivity contribution < 1.29 is 19.4 Å². The summed E-state index contributed by atoms with van der Waals surface area (Å²) in [5.74, 6) is 0.693. The van der Waals surface area contributed by atoms with E-state index in [9.17, 15) is 15.2 Å². The van der Waals surface area contributed by atoms with Crippen LogP contribution >= 0.6 is 0 Å². The molecule has 3 rings (SSSR count). The molecule has 1 amide bonds. The molecule has 0 fully saturated rings. The quantitative estimate of drug-likeness (QED) is 0.663. The zero-order valence-electron chi connectivity index (χ0n) is 13.3. The summed E-state index contributed by atoms with van der Waals surface area (Å²) in [7, 11) is 1.57. The van der Waals surface area contributed by atoms with Gasteiger partial charge >= 0.3 is 0 Å². The van der Waals surface area contributed by atoms with E-state index >= 15 is 0 Å². The lowest BCUT2D eigenvalue weighted by atomic mass is 9.95. The van der Waals surface area contributed by atoms with Crippen molar-refractivity contribution in [1.29, 1.82) is 5.26 Å². The number of nitrogens with zero attached hydrogens (tertiary/aromatic N) is 1. The summed E-state index contributed by atoms with van der Waals surface area (Å²) in [6, 6.07) is 13.4. The van der Waals surface area contributed by atoms with E-state index in [1.165, 1.54) is 12.1 Å². The lowest BCUT2D eigenvalue weighted by molar-refractivity contribution is -0.114. The Kier molecular flexibility index (Phi) is 4.14. The third-order valence-corrected chi connectivity index (χ3v) is 3.75. The maximum atomic E-state index is 11.6. The van der Waals surface area contributed by atoms with Gasteiger partial charge in [-0.3, -0.25) is 4.79 Å². The maximum Gasteiger partial charge on any atom is 0.259 e. The molecule has 0 aliphatic carbocycles. The summed E-state index contributed by atoms with van der Waals surface area (Å²) in [5, 5.41) is 19.0. The minimum Gasteiger partial charge on any atom is -0.508 e. The van der Waals surface area contributed by atoms with Crippen molar-refractivity contribution in [3.63, 3.8) is 0 Å². The number of carbonyl (C=O) groups is 1. The number of phenolic OH excluding ortho intramolecular Hbond substituents is 1. The molecule has 6 heteroatoms. The minimum atomic E-state index is -0.848. The number of phenols is 1. The van der Waals surface area contributed by atoms with Crippen molar-refractivity contribution in [1.82, 2.24) is 0 Å². The predicted octanol–water partition coefficient (Wildman–Crippen LogP) is 2.60. The summed E-state index contributed by atoms with van der Waals surface area (Å²) in [6.45, 7) is 0. The highest BCUT2D eigenvalue weighted by atomic mass is 16.5. The van der Waals surface area contributed by atoms with Gasteiger partial charge in [0.2, 0.25) is 0 Å². The van der Waals surface area contributed by atoms with Crippen LogP contribution in [-0.4, -0.2) is 18.1 Å². The van der Waals surface area contributed by atoms with Gasteiger partial charge in [0.15, 0.2) is 0 Å². The molecule has 0 atom stereocenters. The number of methoxy groups -OCH3 is 1. The third kappa shape index (κ3) is 3.03. The zero-order valence-corrected chi connectivity index (χ0v) is 13.3. The van der Waals surface area contributed by atoms with Crippen molar-refractivity contribution in [2.75, 3.05) is 7.11 Å². The van der Waals surface area contributed by atoms with Crippen LogP contribution in [0.4, 0.5) is 0 Å². The van der Waals surface area contributed by atoms with Crippen molar-refractivity contribution in [3.8, 4) is 23.3 Å². The van der Waals surface area contributed by atoms with E-state index in [1.54, 1.807) is 43.5 Å². The first-order valence-electron chi connectivity index (χ1n) is 7.35. The molecule has 1 aliphatic rings. The summed E-state index contributed by atoms with van der Waals surface area (Å²) < 4.78 is 11.0. The van der Waals surface area contributed by atoms with E-state index < -0.39 is 5.91 Å². The van der Waals surface area contributed by atoms with E-state index in [0.717, 1.165) is 5.56 Å². The number of aromatic hydroxyl groups is 1. The van der Waals surface area contributed by atoms with Crippen molar-refractivity contribution >= 4 is 17.2 Å². The summed E-state index contributed by atoms with van der Waals surface area (Å²) in [5.41, 5.74) is 6.58. The van der Waals surface area contributed by atoms with E-state index in [2.05, 4.69) is 0 Å². The Hall–Kier alpha value is -3.72. The highest BCUT2D eigenvalue weighted by molar-refractivity contribution is 6.08. The van der Waals surface area contributed by atoms with E-state index in [-0.39, 0.29) is 11.3 Å². The van der Waals surface area contributed by atoms with Gasteiger partial charge in [0, 0.05) is 16.7 Å². The molecule has 0 saturated heterocycles. The molecule has 0 bridgehead atoms. The maximum absolute atomic E-state index is 11.6. The number of nitriles is 1. The van der Waals surface area contributed by atoms with Crippen LogP contribution in [0, 0.1) is 11.3 Å². The number of amides is 1. The van der Waals surface area contributed by atoms with Crippen molar-refractivity contribution in [3.05, 3.63) is 65.2 Å². The van der Waals surface area contributed by atoms with Crippen LogP contribution in [-0.2, 0) is 4.79 Å². The van der Waals surface area contributed by atoms with Crippen LogP contribution in [0.25, 0.3) is 11.3 Å². The molecule has 3 N–H and O–H groups in total. The monoisotopic (exact) mass is 334 g/mol. The van der Waals surface area contributed by atoms with E-state index in [1.807, 2.05) is 6.07 Å². The Bertz CT molecular complexity index is 950. The van der Waals surface area contributed by atoms with Gasteiger partial charge in [-0.1, -0.05) is 0 Å². The first kappa shape index (κ1) is 16.1. The molecule has 25 heavy (non-hydrogen) atoms. The van der Waals surface area contributed by atoms with Crippen molar-refractivity contribution in [2.24, 2.45) is 5.73 Å². The second-order valence-electron chi connectivity index (χ2n) is 5.28. The van der Waals surface area contributed by atoms with Crippen LogP contribution in [0.2, 0.25) is 0 Å². The molecule has 0 radical (unpaired) electrons. The number of allylic oxidation sites excluding steroid dienone is 2. The Morgan fingerprint density at radius 3 is 2.56 bits per heavy atom. The molecular formula is C19H14N2O4. The molecule has 0 unspecified atom stereocenters. The SMILES string of the molecule is COc1ccc(C2=CC(=C(C#N)C(N)=O)c3cc(O)ccc3O2)cc1. The smallest absolute Gasteiger partial charge is 0.259 e. The Labute approximate surface area is 144 Å². The molecule has 0 aromatic heterocycles. The highest BCUT2D eigenvalue weighted by Gasteiger charge is 2.23. The van der Waals surface area contributed by atoms with E-state index in [4.69, 9.17) is 15.2 Å². The van der Waals surface area contributed by atoms with E-state index in [0.29, 0.717) is 28.4 Å². The van der Waals surface area contributed by atoms with Gasteiger partial charge < -0.3 is 20.3 Å². The standard InChI is InChI=1S/C19H14N2O4/c1-24-13-5-2-11(3-6-13)18-9-14(16(10-20)19(21)23)15-8-12(22)4-7-17(15)25-18/h2-9,22H,1H3,(H2,21,23). The van der Waals surface area contributed by atoms with Gasteiger partial charge in [-0.05, 0) is 48.5 Å². The lowest BCUT2D eigenvalue weighted by Gasteiger charge is -2.21. The van der Waals surface area contributed by atoms with Crippen LogP contribution in [0.5, 0.6) is 17.2 Å². The largest absolute Gasteiger partial charge is 0.508 e. The molecule has 2 aromatic rings. The fraction of sp³-hybridized carbons (Fsp3) is 0.0526. The predicted molar refractivity (Wildman–Crippen MR) is 91.4 cm³/mol. The minimum absolute atomic E-state index is 0.0112. The van der Waals surface area contributed by atoms with Gasteiger partial charge in [0.05, 0.1) is 7.11 Å². The van der Waals surface area contributed by atoms with Gasteiger partial charge in [-0.25, -0.2) is 0 Å². The molecular weight excluding hydrogens is 320 g/mol. The van der Waals surface area contributed by atoms with Crippen LogP contribution in [0.15, 0.2) is 54.1 Å². The number of fused-ring (bicyclic) bond motifs is 1. The molecule has 1 aliphatic heterocycles. The third-order valence-electron chi connectivity index (χ3n) is 3.75. The summed E-state index contributed by atoms with van der Waals surface area (Å²) in [6.07, 6.45) is 1.56. The molecule has 124 valence electrons. The Morgan fingerprint density at radius 1 is 1.24 bits per heavy atom. The first-order valence-corrected chi connectivity index (χ1v) is 7.35. The fourth-order valence-electron chi connectivity index (χ4n) is 2.53. The number of benzene rings is 2. The molecule has 0 saturated carbocycles. The van der Waals surface area contributed by atoms with Gasteiger partial charge in [-0.15, -0.1) is 0 Å². The molecule has 0 spiro atoms. The normalized spacial score (nSPS) is 14.5. The number of rotatable bonds is 3. The summed E-state index contributed by atoms with van der Waals surface area (Å²) in [4.78, 5) is 11.6. The number of ether oxygens (including phenoxy) is 2. The van der Waals surface area contributed by atoms with Gasteiger partial charge in [-0.2, -0.15) is 5.26 Å². The average molecular weight is 334 g/mol. The second kappa shape index (κ2) is 6.42. The van der Waals surface area contributed by atoms with Crippen LogP contribution in [0.1, 0.15) is 11.1 Å². The first-order chi connectivity index (χ1) is 12.0. The number of nitrogens with two attached hydrogens (primary N) is 1. The van der Waals surface area contributed by atoms with Crippen LogP contribution in [0.3, 0.4) is 0 Å². The van der Waals surface area contributed by atoms with Crippen LogP contribution < -0.4 is 15.2 Å². The average Bonchev–Trinajstić information content (AvgIpc) is 2.62. The zero-order chi connectivity index (χ0) is 18.0. The lowest BCUT2D eigenvalue weighted by Crippen LogP contribution is -2.16. The Balaban J connectivity index is 2.20. The number of hydrogen-bond donors (Lipinski definition) is 2. The highest BCUT2D eigenvalue weighted by Crippen LogP contribution is 2.40. The number of hydrogen-bond acceptors (Lipinski definition) is 5. The summed E-state index contributed by atoms with van der Waals surface area (Å²) >= 11 is 0. The second-order valence-corrected chi connectivity index (χ2v) is 5.28. The number of carbonyl (C=O) groups excluding carboxylic acids is 1. The van der Waals surface area contributed by atoms with Crippen molar-refractivity contribution in [2.45, 2.75) is 0 Å². The molecule has 1 heterocycles. The number of primary amides is 1. The molecule has 6 nitrogen and oxygen atoms in total.